The predicted molar refractivity (Wildman–Crippen MR) is 86.9 cm³/mol. The van der Waals surface area contributed by atoms with Crippen LogP contribution in [-0.4, -0.2) is 61.6 Å². The molecule has 0 aromatic heterocycles. The Morgan fingerprint density at radius 1 is 1.32 bits per heavy atom. The Labute approximate surface area is 132 Å². The van der Waals surface area contributed by atoms with Crippen molar-refractivity contribution in [2.45, 2.75) is 12.8 Å². The molecule has 2 fully saturated rings. The standard InChI is InChI=1S/C12H23N3OS.2ClH/c16-12(11-2-1-3-13-10-11)14-4-5-15-6-8-17-9-7-15;;/h11,13H,1-10H2,(H,14,16);2*1H/t11-;;/m1../s1. The van der Waals surface area contributed by atoms with Gasteiger partial charge in [0.2, 0.25) is 5.91 Å². The first kappa shape index (κ1) is 19.3. The molecule has 0 saturated carbocycles. The van der Waals surface area contributed by atoms with Crippen LogP contribution in [0, 0.1) is 5.92 Å². The van der Waals surface area contributed by atoms with Crippen LogP contribution in [0.1, 0.15) is 12.8 Å². The van der Waals surface area contributed by atoms with Crippen molar-refractivity contribution in [2.24, 2.45) is 5.92 Å². The Kier molecular flexibility index (Phi) is 11.2. The van der Waals surface area contributed by atoms with Crippen molar-refractivity contribution in [1.29, 1.82) is 0 Å². The third-order valence-electron chi connectivity index (χ3n) is 3.50. The van der Waals surface area contributed by atoms with Gasteiger partial charge in [-0.2, -0.15) is 11.8 Å². The number of nitrogens with one attached hydrogen (secondary N) is 2. The first-order chi connectivity index (χ1) is 8.36. The third-order valence-corrected chi connectivity index (χ3v) is 4.44. The highest BCUT2D eigenvalue weighted by Crippen LogP contribution is 2.10. The minimum absolute atomic E-state index is 0. The van der Waals surface area contributed by atoms with Crippen molar-refractivity contribution in [3.05, 3.63) is 0 Å². The van der Waals surface area contributed by atoms with Crippen molar-refractivity contribution < 1.29 is 4.79 Å². The van der Waals surface area contributed by atoms with Crippen molar-refractivity contribution in [2.75, 3.05) is 50.8 Å². The van der Waals surface area contributed by atoms with Crippen LogP contribution in [-0.2, 0) is 4.79 Å². The maximum atomic E-state index is 11.9. The lowest BCUT2D eigenvalue weighted by atomic mass is 9.99. The van der Waals surface area contributed by atoms with E-state index in [4.69, 9.17) is 0 Å². The molecule has 4 nitrogen and oxygen atoms in total. The second kappa shape index (κ2) is 11.0. The van der Waals surface area contributed by atoms with E-state index in [1.165, 1.54) is 24.6 Å². The fraction of sp³-hybridized carbons (Fsp3) is 0.917. The van der Waals surface area contributed by atoms with Gasteiger partial charge in [-0.15, -0.1) is 24.8 Å². The molecule has 0 aliphatic carbocycles. The Morgan fingerprint density at radius 3 is 2.68 bits per heavy atom. The van der Waals surface area contributed by atoms with Gasteiger partial charge in [0.25, 0.3) is 0 Å². The summed E-state index contributed by atoms with van der Waals surface area (Å²) in [6.45, 7) is 6.07. The number of halogens is 2. The van der Waals surface area contributed by atoms with Gasteiger partial charge in [0.05, 0.1) is 5.92 Å². The molecule has 1 amide bonds. The van der Waals surface area contributed by atoms with Gasteiger partial charge in [-0.25, -0.2) is 0 Å². The zero-order valence-corrected chi connectivity index (χ0v) is 13.7. The van der Waals surface area contributed by atoms with Crippen LogP contribution >= 0.6 is 36.6 Å². The molecule has 0 radical (unpaired) electrons. The fourth-order valence-corrected chi connectivity index (χ4v) is 3.36. The Bertz CT molecular complexity index is 247. The minimum Gasteiger partial charge on any atom is -0.355 e. The highest BCUT2D eigenvalue weighted by atomic mass is 35.5. The highest BCUT2D eigenvalue weighted by molar-refractivity contribution is 7.99. The molecule has 19 heavy (non-hydrogen) atoms. The summed E-state index contributed by atoms with van der Waals surface area (Å²) in [5.74, 6) is 2.91. The topological polar surface area (TPSA) is 44.4 Å². The maximum absolute atomic E-state index is 11.9. The number of nitrogens with zero attached hydrogens (tertiary/aromatic N) is 1. The highest BCUT2D eigenvalue weighted by Gasteiger charge is 2.20. The third kappa shape index (κ3) is 7.04. The zero-order valence-electron chi connectivity index (χ0n) is 11.2. The van der Waals surface area contributed by atoms with Crippen LogP contribution in [0.25, 0.3) is 0 Å². The van der Waals surface area contributed by atoms with E-state index >= 15 is 0 Å². The Morgan fingerprint density at radius 2 is 2.05 bits per heavy atom. The van der Waals surface area contributed by atoms with Gasteiger partial charge in [0, 0.05) is 44.2 Å². The molecule has 7 heteroatoms. The number of hydrogen-bond acceptors (Lipinski definition) is 4. The van der Waals surface area contributed by atoms with E-state index < -0.39 is 0 Å². The molecule has 0 unspecified atom stereocenters. The molecule has 2 aliphatic heterocycles. The summed E-state index contributed by atoms with van der Waals surface area (Å²) in [7, 11) is 0. The number of piperidine rings is 1. The van der Waals surface area contributed by atoms with Gasteiger partial charge in [0.15, 0.2) is 0 Å². The van der Waals surface area contributed by atoms with Gasteiger partial charge in [-0.1, -0.05) is 0 Å². The van der Waals surface area contributed by atoms with E-state index in [0.717, 1.165) is 39.0 Å². The number of rotatable bonds is 4. The summed E-state index contributed by atoms with van der Waals surface area (Å²) < 4.78 is 0. The molecule has 2 saturated heterocycles. The second-order valence-electron chi connectivity index (χ2n) is 4.79. The van der Waals surface area contributed by atoms with Gasteiger partial charge < -0.3 is 10.6 Å². The predicted octanol–water partition coefficient (Wildman–Crippen LogP) is 0.995. The second-order valence-corrected chi connectivity index (χ2v) is 6.01. The first-order valence-electron chi connectivity index (χ1n) is 6.65. The van der Waals surface area contributed by atoms with E-state index in [-0.39, 0.29) is 36.6 Å². The van der Waals surface area contributed by atoms with Crippen LogP contribution in [0.4, 0.5) is 0 Å². The number of carbonyl (C=O) groups excluding carboxylic acids is 1. The molecule has 0 spiro atoms. The average Bonchev–Trinajstić information content (AvgIpc) is 2.41. The van der Waals surface area contributed by atoms with Gasteiger partial charge >= 0.3 is 0 Å². The molecular formula is C12H25Cl2N3OS. The first-order valence-corrected chi connectivity index (χ1v) is 7.80. The fourth-order valence-electron chi connectivity index (χ4n) is 2.38. The number of amides is 1. The largest absolute Gasteiger partial charge is 0.355 e. The number of thioether (sulfide) groups is 1. The summed E-state index contributed by atoms with van der Waals surface area (Å²) in [5, 5.41) is 6.35. The van der Waals surface area contributed by atoms with E-state index in [9.17, 15) is 4.79 Å². The summed E-state index contributed by atoms with van der Waals surface area (Å²) >= 11 is 2.02. The molecule has 0 aromatic rings. The lowest BCUT2D eigenvalue weighted by Crippen LogP contribution is -2.44. The van der Waals surface area contributed by atoms with Crippen molar-refractivity contribution in [1.82, 2.24) is 15.5 Å². The molecule has 114 valence electrons. The lowest BCUT2D eigenvalue weighted by Gasteiger charge is -2.27. The van der Waals surface area contributed by atoms with E-state index in [1.807, 2.05) is 11.8 Å². The molecule has 2 rings (SSSR count). The maximum Gasteiger partial charge on any atom is 0.224 e. The number of hydrogen-bond donors (Lipinski definition) is 2. The normalized spacial score (nSPS) is 23.9. The smallest absolute Gasteiger partial charge is 0.224 e. The molecule has 0 aromatic carbocycles. The van der Waals surface area contributed by atoms with Crippen LogP contribution in [0.15, 0.2) is 0 Å². The summed E-state index contributed by atoms with van der Waals surface area (Å²) in [4.78, 5) is 14.3. The van der Waals surface area contributed by atoms with E-state index in [1.54, 1.807) is 0 Å². The quantitative estimate of drug-likeness (QED) is 0.807. The monoisotopic (exact) mass is 329 g/mol. The van der Waals surface area contributed by atoms with Gasteiger partial charge in [0.1, 0.15) is 0 Å². The summed E-state index contributed by atoms with van der Waals surface area (Å²) in [6.07, 6.45) is 2.17. The summed E-state index contributed by atoms with van der Waals surface area (Å²) in [6, 6.07) is 0. The Balaban J connectivity index is 0.00000162. The molecule has 2 heterocycles. The SMILES string of the molecule is Cl.Cl.O=C(NCCN1CCSCC1)[C@@H]1CCCNC1. The molecular weight excluding hydrogens is 305 g/mol. The minimum atomic E-state index is 0. The molecule has 2 N–H and O–H groups in total. The van der Waals surface area contributed by atoms with Gasteiger partial charge in [-0.05, 0) is 19.4 Å². The van der Waals surface area contributed by atoms with E-state index in [2.05, 4.69) is 15.5 Å². The lowest BCUT2D eigenvalue weighted by molar-refractivity contribution is -0.125. The Hall–Kier alpha value is 0.320. The molecule has 2 aliphatic rings. The van der Waals surface area contributed by atoms with Crippen molar-refractivity contribution in [3.63, 3.8) is 0 Å². The van der Waals surface area contributed by atoms with Gasteiger partial charge in [-0.3, -0.25) is 9.69 Å². The average molecular weight is 330 g/mol. The zero-order chi connectivity index (χ0) is 11.9. The van der Waals surface area contributed by atoms with Crippen LogP contribution in [0.3, 0.4) is 0 Å². The van der Waals surface area contributed by atoms with Crippen LogP contribution in [0.2, 0.25) is 0 Å². The van der Waals surface area contributed by atoms with Crippen molar-refractivity contribution >= 4 is 42.5 Å². The van der Waals surface area contributed by atoms with Crippen LogP contribution in [0.5, 0.6) is 0 Å². The summed E-state index contributed by atoms with van der Waals surface area (Å²) in [5.41, 5.74) is 0. The number of carbonyl (C=O) groups is 1. The van der Waals surface area contributed by atoms with E-state index in [0.29, 0.717) is 0 Å². The van der Waals surface area contributed by atoms with Crippen LogP contribution < -0.4 is 10.6 Å². The molecule has 0 bridgehead atoms. The van der Waals surface area contributed by atoms with Crippen molar-refractivity contribution in [3.8, 4) is 0 Å². The molecule has 1 atom stereocenters.